The van der Waals surface area contributed by atoms with Crippen molar-refractivity contribution in [1.29, 1.82) is 0 Å². The highest BCUT2D eigenvalue weighted by molar-refractivity contribution is 5.97. The molecule has 0 amide bonds. The number of hydrogen-bond donors (Lipinski definition) is 0. The molecule has 1 heterocycles. The van der Waals surface area contributed by atoms with Gasteiger partial charge >= 0.3 is 29.8 Å². The van der Waals surface area contributed by atoms with Crippen LogP contribution in [0.3, 0.4) is 0 Å². The van der Waals surface area contributed by atoms with E-state index in [1.54, 1.807) is 0 Å². The fraction of sp³-hybridized carbons (Fsp3) is 0.500. The van der Waals surface area contributed by atoms with Gasteiger partial charge in [-0.15, -0.1) is 0 Å². The molecule has 202 valence electrons. The molecule has 0 spiro atoms. The first kappa shape index (κ1) is 29.4. The lowest BCUT2D eigenvalue weighted by Gasteiger charge is -2.43. The zero-order valence-electron chi connectivity index (χ0n) is 20.9. The SMILES string of the molecule is CC(=O)OC[C@H]1O[C@@H](OCC(=O)c2ccc(OC(C)=O)cc2)[C@H](OC(C)=O)[C@@H](OC(C)=O)[C@@H]1OC(C)=O. The highest BCUT2D eigenvalue weighted by atomic mass is 16.7. The highest BCUT2D eigenvalue weighted by Gasteiger charge is 2.52. The minimum atomic E-state index is -1.48. The summed E-state index contributed by atoms with van der Waals surface area (Å²) in [6.07, 6.45) is -6.88. The van der Waals surface area contributed by atoms with Gasteiger partial charge < -0.3 is 33.2 Å². The lowest BCUT2D eigenvalue weighted by Crippen LogP contribution is -2.63. The van der Waals surface area contributed by atoms with E-state index in [4.69, 9.17) is 33.2 Å². The van der Waals surface area contributed by atoms with Crippen LogP contribution in [-0.2, 0) is 52.4 Å². The number of rotatable bonds is 10. The summed E-state index contributed by atoms with van der Waals surface area (Å²) in [5.41, 5.74) is 0.210. The van der Waals surface area contributed by atoms with Crippen LogP contribution in [0.1, 0.15) is 45.0 Å². The average Bonchev–Trinajstić information content (AvgIpc) is 2.78. The molecule has 2 rings (SSSR count). The van der Waals surface area contributed by atoms with Crippen molar-refractivity contribution in [2.45, 2.75) is 65.3 Å². The number of hydrogen-bond acceptors (Lipinski definition) is 13. The second-order valence-corrected chi connectivity index (χ2v) is 7.92. The van der Waals surface area contributed by atoms with Crippen LogP contribution in [-0.4, -0.2) is 79.5 Å². The summed E-state index contributed by atoms with van der Waals surface area (Å²) < 4.78 is 37.1. The Hall–Kier alpha value is -3.84. The molecule has 13 nitrogen and oxygen atoms in total. The van der Waals surface area contributed by atoms with Crippen LogP contribution in [0, 0.1) is 0 Å². The van der Waals surface area contributed by atoms with Crippen molar-refractivity contribution in [3.05, 3.63) is 29.8 Å². The number of ketones is 1. The highest BCUT2D eigenvalue weighted by Crippen LogP contribution is 2.30. The minimum absolute atomic E-state index is 0.210. The van der Waals surface area contributed by atoms with Crippen LogP contribution < -0.4 is 4.74 Å². The number of benzene rings is 1. The first-order valence-corrected chi connectivity index (χ1v) is 11.1. The molecule has 1 saturated heterocycles. The predicted octanol–water partition coefficient (Wildman–Crippen LogP) is 0.894. The van der Waals surface area contributed by atoms with Crippen molar-refractivity contribution in [3.8, 4) is 5.75 Å². The van der Waals surface area contributed by atoms with Gasteiger partial charge in [0.05, 0.1) is 0 Å². The molecule has 0 aromatic heterocycles. The maximum atomic E-state index is 12.7. The second kappa shape index (κ2) is 13.5. The van der Waals surface area contributed by atoms with Crippen molar-refractivity contribution in [1.82, 2.24) is 0 Å². The molecular weight excluding hydrogens is 496 g/mol. The fourth-order valence-electron chi connectivity index (χ4n) is 3.44. The van der Waals surface area contributed by atoms with Gasteiger partial charge in [0.2, 0.25) is 0 Å². The Morgan fingerprint density at radius 1 is 0.703 bits per heavy atom. The molecule has 1 aliphatic heterocycles. The lowest BCUT2D eigenvalue weighted by atomic mass is 9.98. The molecule has 1 aromatic rings. The molecule has 0 unspecified atom stereocenters. The van der Waals surface area contributed by atoms with E-state index in [-0.39, 0.29) is 11.3 Å². The summed E-state index contributed by atoms with van der Waals surface area (Å²) in [4.78, 5) is 70.6. The third kappa shape index (κ3) is 9.28. The summed E-state index contributed by atoms with van der Waals surface area (Å²) in [6, 6.07) is 5.67. The van der Waals surface area contributed by atoms with Crippen LogP contribution in [0.25, 0.3) is 0 Å². The van der Waals surface area contributed by atoms with E-state index >= 15 is 0 Å². The van der Waals surface area contributed by atoms with E-state index in [2.05, 4.69) is 0 Å². The van der Waals surface area contributed by atoms with Crippen LogP contribution in [0.5, 0.6) is 5.75 Å². The summed E-state index contributed by atoms with van der Waals surface area (Å²) in [5.74, 6) is -3.83. The molecule has 0 N–H and O–H groups in total. The van der Waals surface area contributed by atoms with E-state index in [1.165, 1.54) is 31.2 Å². The molecule has 37 heavy (non-hydrogen) atoms. The van der Waals surface area contributed by atoms with E-state index in [9.17, 15) is 28.8 Å². The van der Waals surface area contributed by atoms with E-state index in [0.29, 0.717) is 0 Å². The van der Waals surface area contributed by atoms with Crippen molar-refractivity contribution in [2.75, 3.05) is 13.2 Å². The van der Waals surface area contributed by atoms with Crippen LogP contribution in [0.4, 0.5) is 0 Å². The molecule has 5 atom stereocenters. The van der Waals surface area contributed by atoms with Crippen molar-refractivity contribution < 1.29 is 61.9 Å². The first-order valence-electron chi connectivity index (χ1n) is 11.1. The van der Waals surface area contributed by atoms with Gasteiger partial charge in [0, 0.05) is 40.2 Å². The van der Waals surface area contributed by atoms with Gasteiger partial charge in [-0.1, -0.05) is 0 Å². The molecular formula is C24H28O13. The van der Waals surface area contributed by atoms with E-state index < -0.39 is 79.5 Å². The van der Waals surface area contributed by atoms with Gasteiger partial charge in [-0.25, -0.2) is 0 Å². The Morgan fingerprint density at radius 3 is 1.76 bits per heavy atom. The smallest absolute Gasteiger partial charge is 0.308 e. The second-order valence-electron chi connectivity index (χ2n) is 7.92. The maximum absolute atomic E-state index is 12.7. The normalized spacial score (nSPS) is 22.8. The molecule has 0 saturated carbocycles. The molecule has 0 bridgehead atoms. The Balaban J connectivity index is 2.29. The largest absolute Gasteiger partial charge is 0.463 e. The monoisotopic (exact) mass is 524 g/mol. The summed E-state index contributed by atoms with van der Waals surface area (Å²) >= 11 is 0. The van der Waals surface area contributed by atoms with Crippen LogP contribution in [0.2, 0.25) is 0 Å². The Bertz CT molecular complexity index is 1020. The molecule has 1 aliphatic rings. The number of esters is 5. The van der Waals surface area contributed by atoms with Gasteiger partial charge in [0.15, 0.2) is 30.4 Å². The Morgan fingerprint density at radius 2 is 1.24 bits per heavy atom. The fourth-order valence-corrected chi connectivity index (χ4v) is 3.44. The van der Waals surface area contributed by atoms with E-state index in [1.807, 2.05) is 0 Å². The molecule has 0 aliphatic carbocycles. The summed E-state index contributed by atoms with van der Waals surface area (Å²) in [7, 11) is 0. The topological polar surface area (TPSA) is 167 Å². The molecule has 1 fully saturated rings. The molecule has 0 radical (unpaired) electrons. The third-order valence-electron chi connectivity index (χ3n) is 4.76. The maximum Gasteiger partial charge on any atom is 0.308 e. The molecule has 13 heteroatoms. The quantitative estimate of drug-likeness (QED) is 0.183. The number of ether oxygens (including phenoxy) is 7. The third-order valence-corrected chi connectivity index (χ3v) is 4.76. The van der Waals surface area contributed by atoms with Gasteiger partial charge in [-0.05, 0) is 24.3 Å². The van der Waals surface area contributed by atoms with E-state index in [0.717, 1.165) is 27.7 Å². The average molecular weight is 524 g/mol. The first-order chi connectivity index (χ1) is 17.4. The van der Waals surface area contributed by atoms with Gasteiger partial charge in [-0.2, -0.15) is 0 Å². The van der Waals surface area contributed by atoms with Crippen LogP contribution >= 0.6 is 0 Å². The Labute approximate surface area is 212 Å². The van der Waals surface area contributed by atoms with Crippen LogP contribution in [0.15, 0.2) is 24.3 Å². The summed E-state index contributed by atoms with van der Waals surface area (Å²) in [6.45, 7) is 4.66. The van der Waals surface area contributed by atoms with Gasteiger partial charge in [0.1, 0.15) is 25.1 Å². The minimum Gasteiger partial charge on any atom is -0.463 e. The zero-order valence-corrected chi connectivity index (χ0v) is 20.9. The number of carbonyl (C=O) groups is 6. The standard InChI is InChI=1S/C24H28O13/c1-12(25)31-11-20-21(34-14(3)27)22(35-15(4)28)23(36-16(5)29)24(37-20)32-10-19(30)17-6-8-18(9-7-17)33-13(2)26/h6-9,20-24H,10-11H2,1-5H3/t20-,21-,22+,23-,24-/m1/s1. The van der Waals surface area contributed by atoms with Crippen molar-refractivity contribution >= 4 is 35.6 Å². The number of Topliss-reactive ketones (excluding diaryl/α,β-unsaturated/α-hetero) is 1. The lowest BCUT2D eigenvalue weighted by molar-refractivity contribution is -0.305. The van der Waals surface area contributed by atoms with Crippen molar-refractivity contribution in [2.24, 2.45) is 0 Å². The molecule has 1 aromatic carbocycles. The summed E-state index contributed by atoms with van der Waals surface area (Å²) in [5, 5.41) is 0. The van der Waals surface area contributed by atoms with Gasteiger partial charge in [-0.3, -0.25) is 28.8 Å². The zero-order chi connectivity index (χ0) is 27.7. The number of carbonyl (C=O) groups excluding carboxylic acids is 6. The Kier molecular flexibility index (Phi) is 10.7. The van der Waals surface area contributed by atoms with Gasteiger partial charge in [0.25, 0.3) is 0 Å². The van der Waals surface area contributed by atoms with Crippen molar-refractivity contribution in [3.63, 3.8) is 0 Å². The predicted molar refractivity (Wildman–Crippen MR) is 120 cm³/mol.